The van der Waals surface area contributed by atoms with Crippen molar-refractivity contribution >= 4 is 0 Å². The van der Waals surface area contributed by atoms with Gasteiger partial charge in [0.2, 0.25) is 0 Å². The molecule has 1 aliphatic heterocycles. The first-order valence-electron chi connectivity index (χ1n) is 5.29. The van der Waals surface area contributed by atoms with Crippen molar-refractivity contribution in [3.63, 3.8) is 0 Å². The highest BCUT2D eigenvalue weighted by Crippen LogP contribution is 2.41. The predicted molar refractivity (Wildman–Crippen MR) is 50.2 cm³/mol. The van der Waals surface area contributed by atoms with E-state index in [-0.39, 0.29) is 11.9 Å². The molecule has 2 fully saturated rings. The molecule has 1 saturated heterocycles. The maximum atomic E-state index is 5.90. The van der Waals surface area contributed by atoms with Gasteiger partial charge in [0.1, 0.15) is 0 Å². The van der Waals surface area contributed by atoms with Crippen LogP contribution in [0.3, 0.4) is 0 Å². The van der Waals surface area contributed by atoms with Gasteiger partial charge in [0, 0.05) is 18.9 Å². The number of nitrogens with two attached hydrogens (primary N) is 1. The fourth-order valence-corrected chi connectivity index (χ4v) is 2.38. The van der Waals surface area contributed by atoms with Crippen LogP contribution in [-0.2, 0) is 9.47 Å². The average Bonchev–Trinajstić information content (AvgIpc) is 2.56. The first-order chi connectivity index (χ1) is 6.27. The van der Waals surface area contributed by atoms with Gasteiger partial charge in [-0.3, -0.25) is 0 Å². The molecule has 1 heterocycles. The lowest BCUT2D eigenvalue weighted by atomic mass is 9.84. The van der Waals surface area contributed by atoms with E-state index >= 15 is 0 Å². The SMILES string of the molecule is CC1CCCCC12OCC(CN)O2. The van der Waals surface area contributed by atoms with Crippen molar-refractivity contribution in [3.8, 4) is 0 Å². The van der Waals surface area contributed by atoms with Gasteiger partial charge in [-0.25, -0.2) is 0 Å². The molecule has 13 heavy (non-hydrogen) atoms. The molecule has 1 spiro atoms. The fourth-order valence-electron chi connectivity index (χ4n) is 2.38. The highest BCUT2D eigenvalue weighted by atomic mass is 16.7. The van der Waals surface area contributed by atoms with Crippen molar-refractivity contribution in [1.29, 1.82) is 0 Å². The van der Waals surface area contributed by atoms with E-state index in [0.717, 1.165) is 6.42 Å². The molecule has 1 aliphatic carbocycles. The molecule has 0 aromatic carbocycles. The first kappa shape index (κ1) is 9.44. The molecule has 1 saturated carbocycles. The smallest absolute Gasteiger partial charge is 0.171 e. The minimum absolute atomic E-state index is 0.126. The highest BCUT2D eigenvalue weighted by molar-refractivity contribution is 4.87. The molecule has 0 aromatic rings. The largest absolute Gasteiger partial charge is 0.347 e. The van der Waals surface area contributed by atoms with Crippen molar-refractivity contribution in [3.05, 3.63) is 0 Å². The van der Waals surface area contributed by atoms with E-state index in [9.17, 15) is 0 Å². The molecule has 76 valence electrons. The molecule has 2 N–H and O–H groups in total. The quantitative estimate of drug-likeness (QED) is 0.669. The third-order valence-corrected chi connectivity index (χ3v) is 3.31. The molecule has 0 radical (unpaired) electrons. The van der Waals surface area contributed by atoms with Gasteiger partial charge >= 0.3 is 0 Å². The van der Waals surface area contributed by atoms with Crippen molar-refractivity contribution in [2.75, 3.05) is 13.2 Å². The topological polar surface area (TPSA) is 44.5 Å². The summed E-state index contributed by atoms with van der Waals surface area (Å²) >= 11 is 0. The van der Waals surface area contributed by atoms with E-state index in [4.69, 9.17) is 15.2 Å². The van der Waals surface area contributed by atoms with Gasteiger partial charge in [-0.15, -0.1) is 0 Å². The van der Waals surface area contributed by atoms with E-state index in [2.05, 4.69) is 6.92 Å². The molecule has 0 amide bonds. The summed E-state index contributed by atoms with van der Waals surface area (Å²) in [5.41, 5.74) is 5.56. The van der Waals surface area contributed by atoms with Gasteiger partial charge in [-0.05, 0) is 12.8 Å². The average molecular weight is 185 g/mol. The van der Waals surface area contributed by atoms with Crippen molar-refractivity contribution < 1.29 is 9.47 Å². The summed E-state index contributed by atoms with van der Waals surface area (Å²) in [6.45, 7) is 3.48. The Morgan fingerprint density at radius 2 is 2.31 bits per heavy atom. The second-order valence-electron chi connectivity index (χ2n) is 4.25. The van der Waals surface area contributed by atoms with Crippen LogP contribution in [0.5, 0.6) is 0 Å². The summed E-state index contributed by atoms with van der Waals surface area (Å²) in [6, 6.07) is 0. The lowest BCUT2D eigenvalue weighted by molar-refractivity contribution is -0.216. The minimum atomic E-state index is -0.276. The Bertz CT molecular complexity index is 186. The summed E-state index contributed by atoms with van der Waals surface area (Å²) in [7, 11) is 0. The minimum Gasteiger partial charge on any atom is -0.347 e. The van der Waals surface area contributed by atoms with Crippen LogP contribution in [0.4, 0.5) is 0 Å². The molecule has 0 aromatic heterocycles. The van der Waals surface area contributed by atoms with Crippen molar-refractivity contribution in [2.24, 2.45) is 11.7 Å². The van der Waals surface area contributed by atoms with Crippen molar-refractivity contribution in [2.45, 2.75) is 44.5 Å². The Morgan fingerprint density at radius 1 is 1.46 bits per heavy atom. The van der Waals surface area contributed by atoms with Gasteiger partial charge < -0.3 is 15.2 Å². The molecule has 3 unspecified atom stereocenters. The molecule has 3 nitrogen and oxygen atoms in total. The number of hydrogen-bond donors (Lipinski definition) is 1. The molecule has 2 aliphatic rings. The number of hydrogen-bond acceptors (Lipinski definition) is 3. The summed E-state index contributed by atoms with van der Waals surface area (Å²) in [5.74, 6) is 0.250. The Morgan fingerprint density at radius 3 is 2.92 bits per heavy atom. The summed E-state index contributed by atoms with van der Waals surface area (Å²) in [5, 5.41) is 0. The zero-order valence-corrected chi connectivity index (χ0v) is 8.29. The second kappa shape index (κ2) is 3.56. The third-order valence-electron chi connectivity index (χ3n) is 3.31. The lowest BCUT2D eigenvalue weighted by Crippen LogP contribution is -2.41. The Balaban J connectivity index is 2.03. The Labute approximate surface area is 79.6 Å². The molecule has 0 bridgehead atoms. The van der Waals surface area contributed by atoms with E-state index in [1.807, 2.05) is 0 Å². The molecular formula is C10H19NO2. The molecule has 3 heteroatoms. The van der Waals surface area contributed by atoms with Crippen LogP contribution in [-0.4, -0.2) is 25.0 Å². The maximum Gasteiger partial charge on any atom is 0.171 e. The van der Waals surface area contributed by atoms with Crippen LogP contribution >= 0.6 is 0 Å². The highest BCUT2D eigenvalue weighted by Gasteiger charge is 2.46. The van der Waals surface area contributed by atoms with Crippen LogP contribution in [0.15, 0.2) is 0 Å². The summed E-state index contributed by atoms with van der Waals surface area (Å²) < 4.78 is 11.7. The maximum absolute atomic E-state index is 5.90. The first-order valence-corrected chi connectivity index (χ1v) is 5.29. The molecule has 3 atom stereocenters. The van der Waals surface area contributed by atoms with Crippen LogP contribution in [0.25, 0.3) is 0 Å². The van der Waals surface area contributed by atoms with Gasteiger partial charge in [-0.1, -0.05) is 13.3 Å². The number of rotatable bonds is 1. The lowest BCUT2D eigenvalue weighted by Gasteiger charge is -2.37. The molecular weight excluding hydrogens is 166 g/mol. The van der Waals surface area contributed by atoms with E-state index in [1.54, 1.807) is 0 Å². The van der Waals surface area contributed by atoms with E-state index in [0.29, 0.717) is 19.1 Å². The van der Waals surface area contributed by atoms with E-state index < -0.39 is 0 Å². The third kappa shape index (κ3) is 1.60. The Hall–Kier alpha value is -0.120. The van der Waals surface area contributed by atoms with Gasteiger partial charge in [0.25, 0.3) is 0 Å². The molecule has 2 rings (SSSR count). The van der Waals surface area contributed by atoms with Crippen LogP contribution < -0.4 is 5.73 Å². The Kier molecular flexibility index (Phi) is 2.58. The standard InChI is InChI=1S/C10H19NO2/c1-8-4-2-3-5-10(8)12-7-9(6-11)13-10/h8-9H,2-7,11H2,1H3. The normalized spacial score (nSPS) is 45.7. The summed E-state index contributed by atoms with van der Waals surface area (Å²) in [6.07, 6.45) is 4.92. The second-order valence-corrected chi connectivity index (χ2v) is 4.25. The van der Waals surface area contributed by atoms with Gasteiger partial charge in [-0.2, -0.15) is 0 Å². The fraction of sp³-hybridized carbons (Fsp3) is 1.00. The zero-order chi connectivity index (χ0) is 9.31. The predicted octanol–water partition coefficient (Wildman–Crippen LogP) is 1.27. The van der Waals surface area contributed by atoms with Gasteiger partial charge in [0.15, 0.2) is 5.79 Å². The van der Waals surface area contributed by atoms with Crippen LogP contribution in [0.2, 0.25) is 0 Å². The zero-order valence-electron chi connectivity index (χ0n) is 8.29. The van der Waals surface area contributed by atoms with Crippen LogP contribution in [0.1, 0.15) is 32.6 Å². The monoisotopic (exact) mass is 185 g/mol. The van der Waals surface area contributed by atoms with Crippen LogP contribution in [0, 0.1) is 5.92 Å². The van der Waals surface area contributed by atoms with Crippen molar-refractivity contribution in [1.82, 2.24) is 0 Å². The van der Waals surface area contributed by atoms with Gasteiger partial charge in [0.05, 0.1) is 12.7 Å². The summed E-state index contributed by atoms with van der Waals surface area (Å²) in [4.78, 5) is 0. The van der Waals surface area contributed by atoms with E-state index in [1.165, 1.54) is 19.3 Å². The number of ether oxygens (including phenoxy) is 2.